The molecule has 3 aliphatic rings. The van der Waals surface area contributed by atoms with E-state index in [-0.39, 0.29) is 123 Å². The van der Waals surface area contributed by atoms with Gasteiger partial charge in [-0.05, 0) is 254 Å². The zero-order valence-corrected chi connectivity index (χ0v) is 64.0. The summed E-state index contributed by atoms with van der Waals surface area (Å²) >= 11 is 0. The fraction of sp³-hybridized carbons (Fsp3) is 0.544. The van der Waals surface area contributed by atoms with Gasteiger partial charge in [-0.2, -0.15) is 0 Å². The van der Waals surface area contributed by atoms with Gasteiger partial charge in [0.2, 0.25) is 0 Å². The van der Waals surface area contributed by atoms with Gasteiger partial charge in [-0.3, -0.25) is 4.79 Å². The molecule has 524 valence electrons. The molecule has 0 radical (unpaired) electrons. The average molecular weight is 1340 g/mol. The third-order valence-corrected chi connectivity index (χ3v) is 18.5. The van der Waals surface area contributed by atoms with Crippen LogP contribution in [0, 0.1) is 0 Å². The number of allylic oxidation sites excluding steroid dienone is 16. The number of ketones is 1. The molecule has 0 amide bonds. The Hall–Kier alpha value is -5.26. The SMILES string of the molecule is CC(F)C=O.CC/C(=C(F)/C=C/C(C)=C(/C)F)c1cc2c(cc1OCOC)C(C)(C)CCC2(C)C.CC/C(=C(F)/C=C/C(C)=C(C)F)c1cc2c(cc1OCOC)C(C)(C)CCC2(C)C.CC/C(=C(F)/C=C/C(C)=O)c1cc2c(cc1OCOC)C(C)(C)CCC2(C)C.[Na+].[OH-]. The van der Waals surface area contributed by atoms with E-state index in [0.717, 1.165) is 55.2 Å². The molecule has 6 rings (SSSR count). The maximum absolute atomic E-state index is 15.2. The Morgan fingerprint density at radius 3 is 0.821 bits per heavy atom. The molecule has 0 aliphatic heterocycles. The summed E-state index contributed by atoms with van der Waals surface area (Å²) in [6.45, 7) is 41.5. The van der Waals surface area contributed by atoms with Crippen LogP contribution in [0.15, 0.2) is 113 Å². The number of carbonyl (C=O) groups excluding carboxylic acids is 2. The largest absolute Gasteiger partial charge is 1.00 e. The molecule has 95 heavy (non-hydrogen) atoms. The second-order valence-corrected chi connectivity index (χ2v) is 28.5. The molecule has 1 unspecified atom stereocenters. The number of rotatable bonds is 22. The molecule has 0 spiro atoms. The Bertz CT molecular complexity index is 3200. The van der Waals surface area contributed by atoms with Crippen molar-refractivity contribution in [1.82, 2.24) is 0 Å². The van der Waals surface area contributed by atoms with Crippen LogP contribution in [0.4, 0.5) is 26.3 Å². The smallest absolute Gasteiger partial charge is 0.870 e. The molecule has 1 atom stereocenters. The predicted molar refractivity (Wildman–Crippen MR) is 373 cm³/mol. The van der Waals surface area contributed by atoms with E-state index in [2.05, 4.69) is 119 Å². The Balaban J connectivity index is 0.000000680. The number of ether oxygens (including phenoxy) is 6. The minimum atomic E-state index is -1.30. The van der Waals surface area contributed by atoms with E-state index in [4.69, 9.17) is 33.2 Å². The van der Waals surface area contributed by atoms with E-state index in [1.807, 2.05) is 20.8 Å². The first-order chi connectivity index (χ1) is 43.2. The van der Waals surface area contributed by atoms with Crippen molar-refractivity contribution in [2.45, 2.75) is 242 Å². The van der Waals surface area contributed by atoms with Crippen LogP contribution in [0.5, 0.6) is 17.2 Å². The van der Waals surface area contributed by atoms with E-state index in [0.29, 0.717) is 64.4 Å². The third-order valence-electron chi connectivity index (χ3n) is 18.5. The van der Waals surface area contributed by atoms with Crippen LogP contribution in [0.3, 0.4) is 0 Å². The minimum Gasteiger partial charge on any atom is -0.870 e. The molecule has 3 aromatic rings. The molecular weight excluding hydrogens is 1230 g/mol. The molecule has 0 fully saturated rings. The maximum Gasteiger partial charge on any atom is 1.00 e. The van der Waals surface area contributed by atoms with Crippen molar-refractivity contribution in [2.24, 2.45) is 0 Å². The number of halogens is 6. The quantitative estimate of drug-likeness (QED) is 0.0242. The molecule has 3 aliphatic carbocycles. The van der Waals surface area contributed by atoms with E-state index in [9.17, 15) is 22.4 Å². The van der Waals surface area contributed by atoms with Crippen LogP contribution < -0.4 is 43.8 Å². The third kappa shape index (κ3) is 24.0. The fourth-order valence-corrected chi connectivity index (χ4v) is 11.8. The van der Waals surface area contributed by atoms with Crippen LogP contribution >= 0.6 is 0 Å². The van der Waals surface area contributed by atoms with Gasteiger partial charge in [-0.1, -0.05) is 116 Å². The summed E-state index contributed by atoms with van der Waals surface area (Å²) in [5, 5.41) is 0. The van der Waals surface area contributed by atoms with E-state index < -0.39 is 12.0 Å². The summed E-state index contributed by atoms with van der Waals surface area (Å²) < 4.78 is 116. The molecule has 0 saturated carbocycles. The zero-order valence-electron chi connectivity index (χ0n) is 62.0. The average Bonchev–Trinajstić information content (AvgIpc) is 0.762. The summed E-state index contributed by atoms with van der Waals surface area (Å²) in [5.41, 5.74) is 12.1. The summed E-state index contributed by atoms with van der Waals surface area (Å²) in [5.74, 6) is -0.136. The van der Waals surface area contributed by atoms with E-state index in [1.54, 1.807) is 35.2 Å². The van der Waals surface area contributed by atoms with Gasteiger partial charge in [0.25, 0.3) is 0 Å². The topological polar surface area (TPSA) is 120 Å². The van der Waals surface area contributed by atoms with Crippen LogP contribution in [0.25, 0.3) is 16.7 Å². The number of alkyl halides is 1. The molecule has 0 bridgehead atoms. The number of methoxy groups -OCH3 is 3. The summed E-state index contributed by atoms with van der Waals surface area (Å²) in [6, 6.07) is 12.5. The van der Waals surface area contributed by atoms with Gasteiger partial charge in [0.1, 0.15) is 34.7 Å². The molecule has 3 aromatic carbocycles. The van der Waals surface area contributed by atoms with Crippen LogP contribution in [0.1, 0.15) is 253 Å². The van der Waals surface area contributed by atoms with Gasteiger partial charge < -0.3 is 38.7 Å². The molecule has 9 nitrogen and oxygen atoms in total. The Labute approximate surface area is 588 Å². The summed E-state index contributed by atoms with van der Waals surface area (Å²) in [4.78, 5) is 20.4. The molecule has 0 saturated heterocycles. The molecule has 0 aromatic heterocycles. The van der Waals surface area contributed by atoms with Crippen molar-refractivity contribution in [3.8, 4) is 17.2 Å². The van der Waals surface area contributed by atoms with Crippen molar-refractivity contribution in [3.63, 3.8) is 0 Å². The standard InChI is InChI=1S/2C26H36F2O2.C24H33FO3.C3H5FO.Na.H2O/c2*1-9-19(23(28)11-10-17(2)18(3)27)20-14-21-22(15-24(20)30-16-29-8)26(6,7)13-12-25(21,4)5;1-8-17(21(25)10-9-16(2)26)18-13-19-20(14-22(18)28-15-27-7)24(5,6)12-11-23(19,3)4;1-3(4)2-5;;/h2*10-11,14-15H,9,12-13,16H2,1-8H3;9-10,13-14H,8,11-12,15H2,1-7H3;2-3H,1H3;;1H2/q;;;;+1;/p-1/b11-10+,18-17?,23-19+;11-10+,18-17-,23-19+;10-9+,21-17+;;;. The van der Waals surface area contributed by atoms with Gasteiger partial charge in [0.15, 0.2) is 38.6 Å². The summed E-state index contributed by atoms with van der Waals surface area (Å²) in [6.07, 6.45) is 15.0. The first kappa shape index (κ1) is 87.8. The fourth-order valence-electron chi connectivity index (χ4n) is 11.8. The zero-order chi connectivity index (χ0) is 70.8. The minimum absolute atomic E-state index is 0. The van der Waals surface area contributed by atoms with Gasteiger partial charge >= 0.3 is 29.6 Å². The number of fused-ring (bicyclic) bond motifs is 3. The second-order valence-electron chi connectivity index (χ2n) is 28.5. The van der Waals surface area contributed by atoms with Gasteiger partial charge in [-0.15, -0.1) is 0 Å². The van der Waals surface area contributed by atoms with Crippen molar-refractivity contribution in [3.05, 3.63) is 163 Å². The second kappa shape index (κ2) is 38.2. The molecule has 16 heteroatoms. The Morgan fingerprint density at radius 2 is 0.642 bits per heavy atom. The van der Waals surface area contributed by atoms with Gasteiger partial charge in [0, 0.05) is 38.0 Å². The van der Waals surface area contributed by atoms with Crippen molar-refractivity contribution < 1.29 is 99.4 Å². The first-order valence-electron chi connectivity index (χ1n) is 32.6. The van der Waals surface area contributed by atoms with Crippen molar-refractivity contribution >= 4 is 28.8 Å². The molecule has 1 N–H and O–H groups in total. The number of hydrogen-bond acceptors (Lipinski definition) is 9. The van der Waals surface area contributed by atoms with Crippen LogP contribution in [0.2, 0.25) is 0 Å². The number of hydrogen-bond donors (Lipinski definition) is 0. The van der Waals surface area contributed by atoms with E-state index in [1.165, 1.54) is 97.5 Å². The van der Waals surface area contributed by atoms with Gasteiger partial charge in [0.05, 0.1) is 11.7 Å². The number of carbonyl (C=O) groups is 2. The predicted octanol–water partition coefficient (Wildman–Crippen LogP) is 19.5. The first-order valence-corrected chi connectivity index (χ1v) is 32.6. The van der Waals surface area contributed by atoms with E-state index >= 15 is 8.78 Å². The normalized spacial score (nSPS) is 18.4. The number of benzene rings is 3. The van der Waals surface area contributed by atoms with Crippen LogP contribution in [-0.4, -0.2) is 65.4 Å². The van der Waals surface area contributed by atoms with Gasteiger partial charge in [-0.25, -0.2) is 26.3 Å². The molecular formula is C79H111F6NaO9. The van der Waals surface area contributed by atoms with Crippen molar-refractivity contribution in [2.75, 3.05) is 41.7 Å². The van der Waals surface area contributed by atoms with Crippen LogP contribution in [-0.2, 0) is 56.3 Å². The Morgan fingerprint density at radius 1 is 0.432 bits per heavy atom. The maximum atomic E-state index is 15.2. The monoisotopic (exact) mass is 1340 g/mol. The summed E-state index contributed by atoms with van der Waals surface area (Å²) in [7, 11) is 4.71. The number of aldehydes is 1. The van der Waals surface area contributed by atoms with Crippen molar-refractivity contribution in [1.29, 1.82) is 0 Å². The Kier molecular flexibility index (Phi) is 35.3. The molecule has 0 heterocycles.